The van der Waals surface area contributed by atoms with Gasteiger partial charge in [0.05, 0.1) is 10.6 Å². The molecule has 0 atom stereocenters. The largest absolute Gasteiger partial charge is 0.301 e. The second-order valence-electron chi connectivity index (χ2n) is 4.40. The fourth-order valence-electron chi connectivity index (χ4n) is 1.89. The lowest BCUT2D eigenvalue weighted by Gasteiger charge is -2.17. The van der Waals surface area contributed by atoms with Gasteiger partial charge in [0.15, 0.2) is 0 Å². The van der Waals surface area contributed by atoms with Crippen LogP contribution >= 0.6 is 0 Å². The molecule has 0 aliphatic carbocycles. The zero-order chi connectivity index (χ0) is 15.0. The summed E-state index contributed by atoms with van der Waals surface area (Å²) in [6, 6.07) is 2.68. The van der Waals surface area contributed by atoms with Crippen LogP contribution < -0.4 is 9.86 Å². The number of rotatable bonds is 4. The van der Waals surface area contributed by atoms with Gasteiger partial charge in [-0.15, -0.1) is 0 Å². The molecular weight excluding hydrogens is 309 g/mol. The predicted octanol–water partition coefficient (Wildman–Crippen LogP) is 0.226. The van der Waals surface area contributed by atoms with Gasteiger partial charge in [-0.1, -0.05) is 0 Å². The first-order valence-electron chi connectivity index (χ1n) is 5.80. The highest BCUT2D eigenvalue weighted by Crippen LogP contribution is 2.22. The lowest BCUT2D eigenvalue weighted by atomic mass is 10.3. The number of nitrogens with two attached hydrogens (primary N) is 1. The van der Waals surface area contributed by atoms with E-state index in [-0.39, 0.29) is 4.90 Å². The number of primary sulfonamides is 1. The normalized spacial score (nSPS) is 17.3. The maximum Gasteiger partial charge on any atom is 0.301 e. The lowest BCUT2D eigenvalue weighted by molar-refractivity contribution is 0.482. The van der Waals surface area contributed by atoms with Crippen LogP contribution in [-0.2, 0) is 20.2 Å². The summed E-state index contributed by atoms with van der Waals surface area (Å²) in [7, 11) is -7.92. The first-order valence-corrected chi connectivity index (χ1v) is 8.79. The van der Waals surface area contributed by atoms with Crippen molar-refractivity contribution in [1.82, 2.24) is 4.31 Å². The lowest BCUT2D eigenvalue weighted by Crippen LogP contribution is -2.33. The molecule has 1 fully saturated rings. The summed E-state index contributed by atoms with van der Waals surface area (Å²) >= 11 is 0. The number of nitrogens with zero attached hydrogens (tertiary/aromatic N) is 1. The van der Waals surface area contributed by atoms with Crippen LogP contribution in [0.15, 0.2) is 23.1 Å². The van der Waals surface area contributed by atoms with E-state index in [2.05, 4.69) is 0 Å². The monoisotopic (exact) mass is 323 g/mol. The Kier molecular flexibility index (Phi) is 4.00. The molecule has 1 heterocycles. The Labute approximate surface area is 116 Å². The van der Waals surface area contributed by atoms with Crippen LogP contribution in [0.3, 0.4) is 0 Å². The molecule has 1 saturated heterocycles. The Morgan fingerprint density at radius 2 is 1.75 bits per heavy atom. The van der Waals surface area contributed by atoms with Gasteiger partial charge in [0.1, 0.15) is 5.82 Å². The highest BCUT2D eigenvalue weighted by atomic mass is 32.2. The van der Waals surface area contributed by atoms with E-state index in [4.69, 9.17) is 5.14 Å². The second kappa shape index (κ2) is 5.28. The first kappa shape index (κ1) is 15.2. The molecule has 1 aromatic carbocycles. The van der Waals surface area contributed by atoms with Crippen LogP contribution in [0.4, 0.5) is 10.1 Å². The molecule has 0 aromatic heterocycles. The molecule has 1 aliphatic heterocycles. The van der Waals surface area contributed by atoms with E-state index in [0.717, 1.165) is 31.0 Å². The zero-order valence-electron chi connectivity index (χ0n) is 10.4. The fourth-order valence-corrected chi connectivity index (χ4v) is 3.73. The third kappa shape index (κ3) is 3.26. The molecule has 1 aromatic rings. The molecule has 112 valence electrons. The topological polar surface area (TPSA) is 110 Å². The van der Waals surface area contributed by atoms with E-state index in [9.17, 15) is 21.2 Å². The van der Waals surface area contributed by atoms with Gasteiger partial charge in [0, 0.05) is 13.1 Å². The molecule has 0 spiro atoms. The number of nitrogens with one attached hydrogen (secondary N) is 1. The van der Waals surface area contributed by atoms with Crippen molar-refractivity contribution in [2.45, 2.75) is 17.7 Å². The molecule has 1 aliphatic rings. The summed E-state index contributed by atoms with van der Waals surface area (Å²) in [6.07, 6.45) is 1.47. The molecule has 20 heavy (non-hydrogen) atoms. The van der Waals surface area contributed by atoms with E-state index in [1.54, 1.807) is 0 Å². The third-order valence-corrected chi connectivity index (χ3v) is 5.34. The molecule has 10 heteroatoms. The highest BCUT2D eigenvalue weighted by molar-refractivity contribution is 7.90. The van der Waals surface area contributed by atoms with Crippen LogP contribution in [0.2, 0.25) is 0 Å². The quantitative estimate of drug-likeness (QED) is 0.826. The number of hydrogen-bond donors (Lipinski definition) is 2. The highest BCUT2D eigenvalue weighted by Gasteiger charge is 2.26. The molecule has 0 saturated carbocycles. The summed E-state index contributed by atoms with van der Waals surface area (Å²) in [5.74, 6) is -0.875. The second-order valence-corrected chi connectivity index (χ2v) is 7.63. The average Bonchev–Trinajstić information content (AvgIpc) is 2.84. The minimum absolute atomic E-state index is 0.353. The van der Waals surface area contributed by atoms with Crippen molar-refractivity contribution < 1.29 is 21.2 Å². The van der Waals surface area contributed by atoms with Crippen molar-refractivity contribution in [3.63, 3.8) is 0 Å². The smallest absolute Gasteiger partial charge is 0.268 e. The molecule has 3 N–H and O–H groups in total. The van der Waals surface area contributed by atoms with Gasteiger partial charge in [0.25, 0.3) is 0 Å². The fraction of sp³-hybridized carbons (Fsp3) is 0.400. The number of benzene rings is 1. The van der Waals surface area contributed by atoms with Crippen molar-refractivity contribution in [3.05, 3.63) is 24.0 Å². The number of hydrogen-bond acceptors (Lipinski definition) is 4. The summed E-state index contributed by atoms with van der Waals surface area (Å²) < 4.78 is 63.2. The Balaban J connectivity index is 2.33. The van der Waals surface area contributed by atoms with Crippen LogP contribution in [0.5, 0.6) is 0 Å². The Hall–Kier alpha value is -1.23. The first-order chi connectivity index (χ1) is 9.20. The van der Waals surface area contributed by atoms with Gasteiger partial charge in [-0.2, -0.15) is 12.7 Å². The van der Waals surface area contributed by atoms with E-state index in [1.807, 2.05) is 4.72 Å². The van der Waals surface area contributed by atoms with Gasteiger partial charge in [-0.3, -0.25) is 4.72 Å². The maximum atomic E-state index is 13.6. The zero-order valence-corrected chi connectivity index (χ0v) is 12.0. The summed E-state index contributed by atoms with van der Waals surface area (Å²) in [4.78, 5) is -0.363. The molecule has 0 unspecified atom stereocenters. The Morgan fingerprint density at radius 1 is 1.15 bits per heavy atom. The van der Waals surface area contributed by atoms with Crippen molar-refractivity contribution in [2.75, 3.05) is 17.8 Å². The molecule has 0 bridgehead atoms. The minimum Gasteiger partial charge on any atom is -0.268 e. The molecule has 0 radical (unpaired) electrons. The maximum absolute atomic E-state index is 13.6. The van der Waals surface area contributed by atoms with E-state index >= 15 is 0 Å². The van der Waals surface area contributed by atoms with Crippen LogP contribution in [-0.4, -0.2) is 34.2 Å². The number of sulfonamides is 1. The Bertz CT molecular complexity index is 712. The van der Waals surface area contributed by atoms with Crippen molar-refractivity contribution in [2.24, 2.45) is 5.14 Å². The Morgan fingerprint density at radius 3 is 2.30 bits per heavy atom. The summed E-state index contributed by atoms with van der Waals surface area (Å²) in [5, 5.41) is 4.92. The van der Waals surface area contributed by atoms with Crippen LogP contribution in [0, 0.1) is 5.82 Å². The van der Waals surface area contributed by atoms with Gasteiger partial charge >= 0.3 is 10.2 Å². The van der Waals surface area contributed by atoms with E-state index in [0.29, 0.717) is 13.1 Å². The number of halogens is 1. The third-order valence-electron chi connectivity index (χ3n) is 2.91. The summed E-state index contributed by atoms with van der Waals surface area (Å²) in [6.45, 7) is 0.706. The van der Waals surface area contributed by atoms with E-state index in [1.165, 1.54) is 4.31 Å². The minimum atomic E-state index is -4.03. The molecule has 7 nitrogen and oxygen atoms in total. The van der Waals surface area contributed by atoms with Crippen molar-refractivity contribution >= 4 is 25.9 Å². The van der Waals surface area contributed by atoms with Gasteiger partial charge in [-0.25, -0.2) is 17.9 Å². The van der Waals surface area contributed by atoms with Gasteiger partial charge in [-0.05, 0) is 31.0 Å². The standard InChI is InChI=1S/C10H14FN3O4S2/c11-9-4-3-8(19(12,15)16)7-10(9)13-20(17,18)14-5-1-2-6-14/h3-4,7,13H,1-2,5-6H2,(H2,12,15,16). The van der Waals surface area contributed by atoms with Gasteiger partial charge < -0.3 is 0 Å². The predicted molar refractivity (Wildman–Crippen MR) is 71.1 cm³/mol. The van der Waals surface area contributed by atoms with Crippen molar-refractivity contribution in [1.29, 1.82) is 0 Å². The van der Waals surface area contributed by atoms with Crippen molar-refractivity contribution in [3.8, 4) is 0 Å². The van der Waals surface area contributed by atoms with Crippen LogP contribution in [0.1, 0.15) is 12.8 Å². The molecule has 0 amide bonds. The molecule has 2 rings (SSSR count). The average molecular weight is 323 g/mol. The van der Waals surface area contributed by atoms with E-state index < -0.39 is 31.7 Å². The molecular formula is C10H14FN3O4S2. The summed E-state index contributed by atoms with van der Waals surface area (Å²) in [5.41, 5.74) is -0.441. The van der Waals surface area contributed by atoms with Gasteiger partial charge in [0.2, 0.25) is 10.0 Å². The SMILES string of the molecule is NS(=O)(=O)c1ccc(F)c(NS(=O)(=O)N2CCCC2)c1. The number of anilines is 1. The van der Waals surface area contributed by atoms with Crippen LogP contribution in [0.25, 0.3) is 0 Å².